The van der Waals surface area contributed by atoms with Crippen molar-refractivity contribution in [3.05, 3.63) is 58.9 Å². The molecular formula is C16H18ClFN2O. The second-order valence-corrected chi connectivity index (χ2v) is 5.17. The molecule has 0 unspecified atom stereocenters. The van der Waals surface area contributed by atoms with E-state index in [1.807, 2.05) is 36.2 Å². The summed E-state index contributed by atoms with van der Waals surface area (Å²) in [6.07, 6.45) is 0. The fourth-order valence-electron chi connectivity index (χ4n) is 2.00. The number of hydrogen-bond acceptors (Lipinski definition) is 3. The van der Waals surface area contributed by atoms with Gasteiger partial charge in [0.2, 0.25) is 0 Å². The maximum Gasteiger partial charge on any atom is 0.146 e. The molecule has 0 fully saturated rings. The molecule has 0 amide bonds. The number of nitrogens with zero attached hydrogens (tertiary/aromatic N) is 1. The van der Waals surface area contributed by atoms with E-state index < -0.39 is 0 Å². The summed E-state index contributed by atoms with van der Waals surface area (Å²) in [5, 5.41) is 12.2. The Balaban J connectivity index is 1.99. The van der Waals surface area contributed by atoms with Crippen molar-refractivity contribution in [1.82, 2.24) is 0 Å². The summed E-state index contributed by atoms with van der Waals surface area (Å²) in [5.74, 6) is -0.383. The molecule has 0 aliphatic carbocycles. The van der Waals surface area contributed by atoms with E-state index in [0.29, 0.717) is 18.7 Å². The van der Waals surface area contributed by atoms with Crippen LogP contribution in [0.3, 0.4) is 0 Å². The molecule has 3 nitrogen and oxygen atoms in total. The quantitative estimate of drug-likeness (QED) is 0.857. The number of rotatable bonds is 6. The summed E-state index contributed by atoms with van der Waals surface area (Å²) >= 11 is 5.75. The lowest BCUT2D eigenvalue weighted by atomic mass is 10.2. The highest BCUT2D eigenvalue weighted by Gasteiger charge is 2.06. The lowest BCUT2D eigenvalue weighted by Gasteiger charge is -2.18. The Hall–Kier alpha value is -1.78. The third-order valence-corrected chi connectivity index (χ3v) is 3.55. The summed E-state index contributed by atoms with van der Waals surface area (Å²) in [7, 11) is 1.92. The summed E-state index contributed by atoms with van der Waals surface area (Å²) in [4.78, 5) is 1.96. The van der Waals surface area contributed by atoms with Crippen LogP contribution in [0.5, 0.6) is 0 Å². The van der Waals surface area contributed by atoms with E-state index in [2.05, 4.69) is 5.32 Å². The van der Waals surface area contributed by atoms with Gasteiger partial charge in [0.05, 0.1) is 11.6 Å². The first kappa shape index (κ1) is 15.6. The number of aliphatic hydroxyl groups is 1. The standard InChI is InChI=1S/C16H18ClFN2O/c1-20(9-10-21)14-7-5-13(6-8-14)19-11-12-3-2-4-15(17)16(12)18/h2-8,19,21H,9-11H2,1H3. The van der Waals surface area contributed by atoms with Crippen LogP contribution in [0, 0.1) is 5.82 Å². The largest absolute Gasteiger partial charge is 0.395 e. The fraction of sp³-hybridized carbons (Fsp3) is 0.250. The van der Waals surface area contributed by atoms with Crippen molar-refractivity contribution in [1.29, 1.82) is 0 Å². The number of benzene rings is 2. The van der Waals surface area contributed by atoms with Gasteiger partial charge >= 0.3 is 0 Å². The van der Waals surface area contributed by atoms with Crippen molar-refractivity contribution in [2.75, 3.05) is 30.4 Å². The van der Waals surface area contributed by atoms with Crippen molar-refractivity contribution >= 4 is 23.0 Å². The highest BCUT2D eigenvalue weighted by Crippen LogP contribution is 2.20. The summed E-state index contributed by atoms with van der Waals surface area (Å²) in [5.41, 5.74) is 2.45. The SMILES string of the molecule is CN(CCO)c1ccc(NCc2cccc(Cl)c2F)cc1. The molecule has 2 rings (SSSR count). The van der Waals surface area contributed by atoms with Gasteiger partial charge in [0.25, 0.3) is 0 Å². The van der Waals surface area contributed by atoms with Crippen molar-refractivity contribution in [2.24, 2.45) is 0 Å². The summed E-state index contributed by atoms with van der Waals surface area (Å²) in [6, 6.07) is 12.7. The minimum atomic E-state index is -0.383. The van der Waals surface area contributed by atoms with Gasteiger partial charge < -0.3 is 15.3 Å². The van der Waals surface area contributed by atoms with Gasteiger partial charge in [0, 0.05) is 37.1 Å². The van der Waals surface area contributed by atoms with Crippen molar-refractivity contribution in [3.63, 3.8) is 0 Å². The first-order chi connectivity index (χ1) is 10.1. The van der Waals surface area contributed by atoms with Crippen LogP contribution in [0.1, 0.15) is 5.56 Å². The molecule has 0 bridgehead atoms. The molecule has 0 saturated heterocycles. The monoisotopic (exact) mass is 308 g/mol. The van der Waals surface area contributed by atoms with Gasteiger partial charge in [-0.1, -0.05) is 23.7 Å². The van der Waals surface area contributed by atoms with Crippen LogP contribution in [0.15, 0.2) is 42.5 Å². The smallest absolute Gasteiger partial charge is 0.146 e. The lowest BCUT2D eigenvalue weighted by molar-refractivity contribution is 0.304. The van der Waals surface area contributed by atoms with Crippen LogP contribution in [0.25, 0.3) is 0 Å². The maximum atomic E-state index is 13.8. The van der Waals surface area contributed by atoms with Gasteiger partial charge in [-0.15, -0.1) is 0 Å². The predicted molar refractivity (Wildman–Crippen MR) is 85.5 cm³/mol. The Bertz CT molecular complexity index is 589. The fourth-order valence-corrected chi connectivity index (χ4v) is 2.19. The molecule has 2 aromatic rings. The van der Waals surface area contributed by atoms with Crippen LogP contribution in [0.4, 0.5) is 15.8 Å². The summed E-state index contributed by atoms with van der Waals surface area (Å²) < 4.78 is 13.8. The highest BCUT2D eigenvalue weighted by atomic mass is 35.5. The number of likely N-dealkylation sites (N-methyl/N-ethyl adjacent to an activating group) is 1. The number of aliphatic hydroxyl groups excluding tert-OH is 1. The zero-order valence-electron chi connectivity index (χ0n) is 11.8. The third-order valence-electron chi connectivity index (χ3n) is 3.26. The minimum absolute atomic E-state index is 0.116. The maximum absolute atomic E-state index is 13.8. The molecule has 0 saturated carbocycles. The molecule has 0 aliphatic heterocycles. The van der Waals surface area contributed by atoms with E-state index in [1.165, 1.54) is 6.07 Å². The van der Waals surface area contributed by atoms with Gasteiger partial charge in [-0.05, 0) is 30.3 Å². The molecule has 5 heteroatoms. The number of halogens is 2. The van der Waals surface area contributed by atoms with E-state index in [4.69, 9.17) is 16.7 Å². The molecule has 0 radical (unpaired) electrons. The van der Waals surface area contributed by atoms with Gasteiger partial charge in [-0.2, -0.15) is 0 Å². The normalized spacial score (nSPS) is 10.5. The number of hydrogen-bond donors (Lipinski definition) is 2. The van der Waals surface area contributed by atoms with Crippen LogP contribution >= 0.6 is 11.6 Å². The number of nitrogens with one attached hydrogen (secondary N) is 1. The molecule has 0 aliphatic rings. The molecular weight excluding hydrogens is 291 g/mol. The molecule has 0 aromatic heterocycles. The lowest BCUT2D eigenvalue weighted by Crippen LogP contribution is -2.20. The Labute approximate surface area is 129 Å². The molecule has 0 spiro atoms. The van der Waals surface area contributed by atoms with E-state index in [0.717, 1.165) is 11.4 Å². The average Bonchev–Trinajstić information content (AvgIpc) is 2.49. The van der Waals surface area contributed by atoms with E-state index in [1.54, 1.807) is 12.1 Å². The second kappa shape index (κ2) is 7.29. The third kappa shape index (κ3) is 4.09. The van der Waals surface area contributed by atoms with Gasteiger partial charge in [-0.25, -0.2) is 4.39 Å². The molecule has 112 valence electrons. The second-order valence-electron chi connectivity index (χ2n) is 4.76. The minimum Gasteiger partial charge on any atom is -0.395 e. The predicted octanol–water partition coefficient (Wildman–Crippen LogP) is 3.52. The van der Waals surface area contributed by atoms with Crippen molar-refractivity contribution in [3.8, 4) is 0 Å². The van der Waals surface area contributed by atoms with Crippen molar-refractivity contribution < 1.29 is 9.50 Å². The van der Waals surface area contributed by atoms with Crippen LogP contribution < -0.4 is 10.2 Å². The van der Waals surface area contributed by atoms with Gasteiger partial charge in [0.1, 0.15) is 5.82 Å². The molecule has 21 heavy (non-hydrogen) atoms. The molecule has 0 heterocycles. The van der Waals surface area contributed by atoms with E-state index in [9.17, 15) is 4.39 Å². The van der Waals surface area contributed by atoms with Gasteiger partial charge in [-0.3, -0.25) is 0 Å². The molecule has 0 atom stereocenters. The molecule has 2 N–H and O–H groups in total. The Morgan fingerprint density at radius 2 is 1.90 bits per heavy atom. The van der Waals surface area contributed by atoms with Gasteiger partial charge in [0.15, 0.2) is 0 Å². The zero-order valence-corrected chi connectivity index (χ0v) is 12.6. The van der Waals surface area contributed by atoms with E-state index in [-0.39, 0.29) is 17.4 Å². The Kier molecular flexibility index (Phi) is 5.42. The Morgan fingerprint density at radius 3 is 2.57 bits per heavy atom. The van der Waals surface area contributed by atoms with Crippen LogP contribution in [-0.4, -0.2) is 25.3 Å². The Morgan fingerprint density at radius 1 is 1.19 bits per heavy atom. The highest BCUT2D eigenvalue weighted by molar-refractivity contribution is 6.30. The number of anilines is 2. The van der Waals surface area contributed by atoms with Crippen LogP contribution in [-0.2, 0) is 6.54 Å². The first-order valence-electron chi connectivity index (χ1n) is 6.70. The summed E-state index contributed by atoms with van der Waals surface area (Å²) in [6.45, 7) is 1.07. The zero-order chi connectivity index (χ0) is 15.2. The van der Waals surface area contributed by atoms with Crippen LogP contribution in [0.2, 0.25) is 5.02 Å². The topological polar surface area (TPSA) is 35.5 Å². The van der Waals surface area contributed by atoms with Crippen molar-refractivity contribution in [2.45, 2.75) is 6.54 Å². The average molecular weight is 309 g/mol. The molecule has 2 aromatic carbocycles. The van der Waals surface area contributed by atoms with E-state index >= 15 is 0 Å². The first-order valence-corrected chi connectivity index (χ1v) is 7.08.